The molecule has 1 N–H and O–H groups in total. The van der Waals surface area contributed by atoms with Crippen LogP contribution < -0.4 is 4.74 Å². The monoisotopic (exact) mass is 572 g/mol. The summed E-state index contributed by atoms with van der Waals surface area (Å²) in [7, 11) is 0. The number of ether oxygens (including phenoxy) is 1. The van der Waals surface area contributed by atoms with Gasteiger partial charge in [-0.15, -0.1) is 0 Å². The minimum absolute atomic E-state index is 0.290. The summed E-state index contributed by atoms with van der Waals surface area (Å²) in [5, 5.41) is 11.8. The molecule has 0 aromatic heterocycles. The zero-order chi connectivity index (χ0) is 20.3. The number of para-hydroxylation sites is 2. The third-order valence-corrected chi connectivity index (χ3v) is 4.67. The van der Waals surface area contributed by atoms with Crippen molar-refractivity contribution in [2.45, 2.75) is 25.7 Å². The number of benzene rings is 2. The molecule has 2 aromatic rings. The smallest absolute Gasteiger partial charge is 0.165 e. The van der Waals surface area contributed by atoms with Crippen LogP contribution in [0.2, 0.25) is 0 Å². The number of hydrogen-bond donors (Lipinski definition) is 1. The van der Waals surface area contributed by atoms with Crippen molar-refractivity contribution in [3.05, 3.63) is 60.2 Å². The molecule has 7 heteroatoms. The fourth-order valence-corrected chi connectivity index (χ4v) is 2.77. The molecule has 0 aliphatic carbocycles. The Balaban J connectivity index is 0.000000413. The molecule has 2 nitrogen and oxygen atoms in total. The van der Waals surface area contributed by atoms with Crippen LogP contribution in [0.15, 0.2) is 48.5 Å². The Bertz CT molecular complexity index is 576. The highest BCUT2D eigenvalue weighted by Gasteiger charge is 1.99. The van der Waals surface area contributed by atoms with Gasteiger partial charge in [0.1, 0.15) is 0 Å². The van der Waals surface area contributed by atoms with Crippen LogP contribution >= 0.6 is 47.8 Å². The largest absolute Gasteiger partial charge is 0.505 e. The van der Waals surface area contributed by atoms with Gasteiger partial charge < -0.3 is 9.84 Å². The molecule has 0 atom stereocenters. The molecule has 27 heavy (non-hydrogen) atoms. The maximum atomic E-state index is 13.0. The molecule has 0 aliphatic rings. The lowest BCUT2D eigenvalue weighted by Crippen LogP contribution is -1.98. The molecule has 0 amide bonds. The van der Waals surface area contributed by atoms with Gasteiger partial charge in [-0.2, -0.15) is 0 Å². The Hall–Kier alpha value is -0.660. The molecular formula is C20H25Br3F2O2. The third-order valence-electron chi connectivity index (χ3n) is 2.99. The van der Waals surface area contributed by atoms with Gasteiger partial charge in [-0.3, -0.25) is 0 Å². The summed E-state index contributed by atoms with van der Waals surface area (Å²) >= 11 is 9.98. The number of phenols is 1. The van der Waals surface area contributed by atoms with Crippen LogP contribution in [0.4, 0.5) is 8.78 Å². The number of rotatable bonds is 8. The fraction of sp³-hybridized carbons (Fsp3) is 0.400. The van der Waals surface area contributed by atoms with Crippen LogP contribution in [0, 0.1) is 11.6 Å². The maximum absolute atomic E-state index is 13.0. The average molecular weight is 575 g/mol. The van der Waals surface area contributed by atoms with E-state index in [0.29, 0.717) is 12.4 Å². The van der Waals surface area contributed by atoms with Crippen molar-refractivity contribution in [3.8, 4) is 11.5 Å². The molecule has 152 valence electrons. The molecule has 0 unspecified atom stereocenters. The first-order valence-corrected chi connectivity index (χ1v) is 11.9. The minimum Gasteiger partial charge on any atom is -0.505 e. The lowest BCUT2D eigenvalue weighted by atomic mass is 10.3. The van der Waals surface area contributed by atoms with Crippen molar-refractivity contribution >= 4 is 47.8 Å². The van der Waals surface area contributed by atoms with Crippen molar-refractivity contribution in [2.24, 2.45) is 0 Å². The molecule has 0 saturated heterocycles. The highest BCUT2D eigenvalue weighted by molar-refractivity contribution is 9.09. The SMILES string of the molecule is BrCCCCBr.Fc1ccccc1OCCCCBr.Oc1ccccc1F. The van der Waals surface area contributed by atoms with Crippen molar-refractivity contribution in [3.63, 3.8) is 0 Å². The van der Waals surface area contributed by atoms with E-state index in [0.717, 1.165) is 28.8 Å². The number of phenolic OH excluding ortho intramolecular Hbond substituents is 1. The second-order valence-corrected chi connectivity index (χ2v) is 7.59. The molecule has 0 aliphatic heterocycles. The third kappa shape index (κ3) is 15.0. The molecular weight excluding hydrogens is 550 g/mol. The number of halogens is 5. The van der Waals surface area contributed by atoms with Crippen LogP contribution in [0.5, 0.6) is 11.5 Å². The summed E-state index contributed by atoms with van der Waals surface area (Å²) in [6.07, 6.45) is 4.56. The summed E-state index contributed by atoms with van der Waals surface area (Å²) < 4.78 is 30.3. The van der Waals surface area contributed by atoms with E-state index in [2.05, 4.69) is 47.8 Å². The first-order chi connectivity index (χ1) is 13.1. The molecule has 2 aromatic carbocycles. The van der Waals surface area contributed by atoms with Gasteiger partial charge in [0.2, 0.25) is 0 Å². The Labute approximate surface area is 185 Å². The van der Waals surface area contributed by atoms with Crippen molar-refractivity contribution < 1.29 is 18.6 Å². The van der Waals surface area contributed by atoms with E-state index in [1.807, 2.05) is 0 Å². The van der Waals surface area contributed by atoms with E-state index in [1.165, 1.54) is 37.1 Å². The zero-order valence-corrected chi connectivity index (χ0v) is 19.8. The molecule has 0 heterocycles. The van der Waals surface area contributed by atoms with E-state index in [4.69, 9.17) is 9.84 Å². The quantitative estimate of drug-likeness (QED) is 0.262. The molecule has 0 saturated carbocycles. The molecule has 0 bridgehead atoms. The summed E-state index contributed by atoms with van der Waals surface area (Å²) in [4.78, 5) is 0. The number of aromatic hydroxyl groups is 1. The van der Waals surface area contributed by atoms with Gasteiger partial charge in [-0.25, -0.2) is 8.78 Å². The molecule has 0 spiro atoms. The summed E-state index contributed by atoms with van der Waals surface area (Å²) in [6, 6.07) is 12.1. The van der Waals surface area contributed by atoms with E-state index >= 15 is 0 Å². The van der Waals surface area contributed by atoms with Crippen LogP contribution in [-0.2, 0) is 0 Å². The van der Waals surface area contributed by atoms with Gasteiger partial charge in [-0.05, 0) is 49.9 Å². The van der Waals surface area contributed by atoms with Crippen LogP contribution in [0.1, 0.15) is 25.7 Å². The number of alkyl halides is 3. The summed E-state index contributed by atoms with van der Waals surface area (Å²) in [6.45, 7) is 0.576. The number of hydrogen-bond acceptors (Lipinski definition) is 2. The van der Waals surface area contributed by atoms with E-state index in [9.17, 15) is 8.78 Å². The standard InChI is InChI=1S/C10H12BrFO.C6H5FO.C4H8Br2/c11-7-3-4-8-13-10-6-2-1-5-9(10)12;7-5-3-1-2-4-6(5)8;5-3-1-2-4-6/h1-2,5-6H,3-4,7-8H2;1-4,8H;1-4H2. The highest BCUT2D eigenvalue weighted by atomic mass is 79.9. The molecule has 0 fully saturated rings. The Morgan fingerprint density at radius 2 is 1.19 bits per heavy atom. The van der Waals surface area contributed by atoms with Crippen molar-refractivity contribution in [2.75, 3.05) is 22.6 Å². The second-order valence-electron chi connectivity index (χ2n) is 5.21. The van der Waals surface area contributed by atoms with E-state index in [-0.39, 0.29) is 11.6 Å². The lowest BCUT2D eigenvalue weighted by Gasteiger charge is -2.05. The number of unbranched alkanes of at least 4 members (excludes halogenated alkanes) is 2. The topological polar surface area (TPSA) is 29.5 Å². The predicted octanol–water partition coefficient (Wildman–Crippen LogP) is 7.47. The normalized spacial score (nSPS) is 9.52. The lowest BCUT2D eigenvalue weighted by molar-refractivity contribution is 0.295. The van der Waals surface area contributed by atoms with Gasteiger partial charge in [0.25, 0.3) is 0 Å². The van der Waals surface area contributed by atoms with Gasteiger partial charge in [-0.1, -0.05) is 72.1 Å². The summed E-state index contributed by atoms with van der Waals surface area (Å²) in [5.74, 6) is -0.821. The van der Waals surface area contributed by atoms with Gasteiger partial charge in [0.15, 0.2) is 23.1 Å². The molecule has 2 rings (SSSR count). The maximum Gasteiger partial charge on any atom is 0.165 e. The predicted molar refractivity (Wildman–Crippen MR) is 120 cm³/mol. The fourth-order valence-electron chi connectivity index (χ4n) is 1.58. The first kappa shape index (κ1) is 26.3. The van der Waals surface area contributed by atoms with Gasteiger partial charge in [0.05, 0.1) is 6.61 Å². The van der Waals surface area contributed by atoms with Crippen LogP contribution in [0.3, 0.4) is 0 Å². The van der Waals surface area contributed by atoms with Crippen molar-refractivity contribution in [1.29, 1.82) is 0 Å². The van der Waals surface area contributed by atoms with E-state index in [1.54, 1.807) is 24.3 Å². The minimum atomic E-state index is -0.576. The van der Waals surface area contributed by atoms with Crippen LogP contribution in [-0.4, -0.2) is 27.7 Å². The van der Waals surface area contributed by atoms with Gasteiger partial charge >= 0.3 is 0 Å². The van der Waals surface area contributed by atoms with Gasteiger partial charge in [0, 0.05) is 16.0 Å². The first-order valence-electron chi connectivity index (χ1n) is 8.55. The summed E-state index contributed by atoms with van der Waals surface area (Å²) in [5.41, 5.74) is 0. The molecule has 0 radical (unpaired) electrons. The Kier molecular flexibility index (Phi) is 18.2. The van der Waals surface area contributed by atoms with Crippen molar-refractivity contribution in [1.82, 2.24) is 0 Å². The second kappa shape index (κ2) is 18.7. The Morgan fingerprint density at radius 1 is 0.704 bits per heavy atom. The van der Waals surface area contributed by atoms with Crippen LogP contribution in [0.25, 0.3) is 0 Å². The highest BCUT2D eigenvalue weighted by Crippen LogP contribution is 2.15. The zero-order valence-electron chi connectivity index (χ0n) is 15.0. The average Bonchev–Trinajstić information content (AvgIpc) is 2.68. The van der Waals surface area contributed by atoms with E-state index < -0.39 is 5.82 Å². The Morgan fingerprint density at radius 3 is 1.63 bits per heavy atom.